The van der Waals surface area contributed by atoms with Gasteiger partial charge in [0.2, 0.25) is 0 Å². The van der Waals surface area contributed by atoms with E-state index in [9.17, 15) is 4.79 Å². The predicted octanol–water partition coefficient (Wildman–Crippen LogP) is -0.367. The minimum atomic E-state index is 0.00980. The molecule has 3 heterocycles. The fourth-order valence-electron chi connectivity index (χ4n) is 2.28. The Morgan fingerprint density at radius 3 is 3.24 bits per heavy atom. The van der Waals surface area contributed by atoms with Gasteiger partial charge in [0.15, 0.2) is 0 Å². The van der Waals surface area contributed by atoms with E-state index in [0.717, 1.165) is 24.4 Å². The SMILES string of the molecule is NCCc1ccn(C2=CC3CN(C2)C(=O)N3)n1. The first-order valence-corrected chi connectivity index (χ1v) is 5.77. The first-order chi connectivity index (χ1) is 8.26. The third kappa shape index (κ3) is 1.80. The van der Waals surface area contributed by atoms with Crippen LogP contribution in [0.2, 0.25) is 0 Å². The van der Waals surface area contributed by atoms with Gasteiger partial charge in [0, 0.05) is 19.2 Å². The molecule has 2 amide bonds. The summed E-state index contributed by atoms with van der Waals surface area (Å²) in [6.07, 6.45) is 4.78. The number of fused-ring (bicyclic) bond motifs is 2. The molecule has 2 aliphatic heterocycles. The summed E-state index contributed by atoms with van der Waals surface area (Å²) in [5, 5.41) is 7.34. The molecule has 0 radical (unpaired) electrons. The first kappa shape index (κ1) is 10.3. The highest BCUT2D eigenvalue weighted by molar-refractivity contribution is 5.80. The average molecular weight is 233 g/mol. The molecular formula is C11H15N5O. The van der Waals surface area contributed by atoms with Crippen molar-refractivity contribution in [3.05, 3.63) is 24.0 Å². The van der Waals surface area contributed by atoms with Crippen LogP contribution in [-0.4, -0.2) is 46.4 Å². The Bertz CT molecular complexity index is 478. The highest BCUT2D eigenvalue weighted by Crippen LogP contribution is 2.19. The molecule has 3 N–H and O–H groups in total. The molecule has 17 heavy (non-hydrogen) atoms. The highest BCUT2D eigenvalue weighted by atomic mass is 16.2. The lowest BCUT2D eigenvalue weighted by atomic mass is 10.2. The molecule has 1 unspecified atom stereocenters. The molecule has 90 valence electrons. The molecule has 1 aromatic rings. The zero-order valence-corrected chi connectivity index (χ0v) is 9.47. The lowest BCUT2D eigenvalue weighted by molar-refractivity contribution is 0.222. The van der Waals surface area contributed by atoms with Gasteiger partial charge in [-0.1, -0.05) is 0 Å². The Morgan fingerprint density at radius 2 is 2.47 bits per heavy atom. The second-order valence-electron chi connectivity index (χ2n) is 4.38. The Morgan fingerprint density at radius 1 is 1.59 bits per heavy atom. The Hall–Kier alpha value is -1.82. The molecule has 1 fully saturated rings. The fourth-order valence-corrected chi connectivity index (χ4v) is 2.28. The number of carbonyl (C=O) groups excluding carboxylic acids is 1. The van der Waals surface area contributed by atoms with Gasteiger partial charge in [-0.2, -0.15) is 5.10 Å². The Balaban J connectivity index is 1.82. The molecule has 0 aliphatic carbocycles. The number of hydrogen-bond donors (Lipinski definition) is 2. The van der Waals surface area contributed by atoms with Crippen molar-refractivity contribution in [3.8, 4) is 0 Å². The third-order valence-electron chi connectivity index (χ3n) is 3.10. The van der Waals surface area contributed by atoms with Crippen molar-refractivity contribution in [1.29, 1.82) is 0 Å². The molecule has 0 spiro atoms. The van der Waals surface area contributed by atoms with Crippen molar-refractivity contribution in [1.82, 2.24) is 20.0 Å². The Labute approximate surface area is 99.1 Å². The molecule has 3 rings (SSSR count). The molecule has 0 saturated carbocycles. The van der Waals surface area contributed by atoms with E-state index >= 15 is 0 Å². The maximum absolute atomic E-state index is 11.5. The van der Waals surface area contributed by atoms with E-state index in [1.165, 1.54) is 0 Å². The third-order valence-corrected chi connectivity index (χ3v) is 3.10. The highest BCUT2D eigenvalue weighted by Gasteiger charge is 2.32. The number of urea groups is 1. The van der Waals surface area contributed by atoms with Crippen LogP contribution in [0.4, 0.5) is 4.79 Å². The molecule has 6 nitrogen and oxygen atoms in total. The van der Waals surface area contributed by atoms with Crippen molar-refractivity contribution in [2.24, 2.45) is 5.73 Å². The van der Waals surface area contributed by atoms with Gasteiger partial charge in [0.25, 0.3) is 0 Å². The number of nitrogens with one attached hydrogen (secondary N) is 1. The normalized spacial score (nSPS) is 22.6. The van der Waals surface area contributed by atoms with Crippen LogP contribution in [0.25, 0.3) is 5.70 Å². The quantitative estimate of drug-likeness (QED) is 0.748. The van der Waals surface area contributed by atoms with Crippen LogP contribution in [0, 0.1) is 0 Å². The topological polar surface area (TPSA) is 76.2 Å². The summed E-state index contributed by atoms with van der Waals surface area (Å²) in [7, 11) is 0. The van der Waals surface area contributed by atoms with Crippen molar-refractivity contribution in [2.75, 3.05) is 19.6 Å². The second kappa shape index (κ2) is 3.89. The van der Waals surface area contributed by atoms with Gasteiger partial charge in [-0.15, -0.1) is 0 Å². The summed E-state index contributed by atoms with van der Waals surface area (Å²) < 4.78 is 1.84. The van der Waals surface area contributed by atoms with Gasteiger partial charge in [-0.25, -0.2) is 9.48 Å². The summed E-state index contributed by atoms with van der Waals surface area (Å²) in [6.45, 7) is 1.98. The van der Waals surface area contributed by atoms with Crippen LogP contribution in [0.5, 0.6) is 0 Å². The maximum atomic E-state index is 11.5. The molecule has 1 saturated heterocycles. The number of nitrogens with zero attached hydrogens (tertiary/aromatic N) is 3. The number of hydrogen-bond acceptors (Lipinski definition) is 3. The fraction of sp³-hybridized carbons (Fsp3) is 0.455. The molecule has 1 aromatic heterocycles. The number of rotatable bonds is 3. The molecule has 0 aromatic carbocycles. The summed E-state index contributed by atoms with van der Waals surface area (Å²) in [4.78, 5) is 13.3. The van der Waals surface area contributed by atoms with E-state index in [-0.39, 0.29) is 12.1 Å². The molecule has 2 bridgehead atoms. The lowest BCUT2D eigenvalue weighted by Crippen LogP contribution is -2.31. The molecule has 2 aliphatic rings. The average Bonchev–Trinajstić information content (AvgIpc) is 2.86. The van der Waals surface area contributed by atoms with Gasteiger partial charge in [-0.05, 0) is 18.7 Å². The second-order valence-corrected chi connectivity index (χ2v) is 4.38. The maximum Gasteiger partial charge on any atom is 0.318 e. The minimum Gasteiger partial charge on any atom is -0.330 e. The summed E-state index contributed by atoms with van der Waals surface area (Å²) in [6, 6.07) is 2.10. The molecule has 1 atom stereocenters. The van der Waals surface area contributed by atoms with E-state index in [2.05, 4.69) is 16.5 Å². The van der Waals surface area contributed by atoms with E-state index < -0.39 is 0 Å². The molecular weight excluding hydrogens is 218 g/mol. The van der Waals surface area contributed by atoms with Crippen LogP contribution in [0.15, 0.2) is 18.3 Å². The largest absolute Gasteiger partial charge is 0.330 e. The Kier molecular flexibility index (Phi) is 2.36. The van der Waals surface area contributed by atoms with E-state index in [1.54, 1.807) is 4.90 Å². The number of aromatic nitrogens is 2. The smallest absolute Gasteiger partial charge is 0.318 e. The van der Waals surface area contributed by atoms with Gasteiger partial charge in [-0.3, -0.25) is 0 Å². The van der Waals surface area contributed by atoms with Crippen molar-refractivity contribution in [3.63, 3.8) is 0 Å². The van der Waals surface area contributed by atoms with Gasteiger partial charge >= 0.3 is 6.03 Å². The van der Waals surface area contributed by atoms with Gasteiger partial charge in [0.05, 0.1) is 24.0 Å². The van der Waals surface area contributed by atoms with Crippen molar-refractivity contribution >= 4 is 11.7 Å². The van der Waals surface area contributed by atoms with Crippen LogP contribution in [0.3, 0.4) is 0 Å². The zero-order chi connectivity index (χ0) is 11.8. The summed E-state index contributed by atoms with van der Waals surface area (Å²) in [5.74, 6) is 0. The number of amides is 2. The van der Waals surface area contributed by atoms with E-state index in [1.807, 2.05) is 16.9 Å². The van der Waals surface area contributed by atoms with Crippen LogP contribution in [0.1, 0.15) is 5.69 Å². The van der Waals surface area contributed by atoms with E-state index in [4.69, 9.17) is 5.73 Å². The first-order valence-electron chi connectivity index (χ1n) is 5.77. The predicted molar refractivity (Wildman–Crippen MR) is 63.2 cm³/mol. The summed E-state index contributed by atoms with van der Waals surface area (Å²) >= 11 is 0. The minimum absolute atomic E-state index is 0.00980. The molecule has 6 heteroatoms. The van der Waals surface area contributed by atoms with E-state index in [0.29, 0.717) is 13.1 Å². The number of carbonyl (C=O) groups is 1. The van der Waals surface area contributed by atoms with Crippen LogP contribution >= 0.6 is 0 Å². The standard InChI is InChI=1S/C11H15N5O/c12-3-1-8-2-4-16(14-8)10-5-9-6-15(7-10)11(17)13-9/h2,4-5,9H,1,3,6-7,12H2,(H,13,17). The van der Waals surface area contributed by atoms with Crippen LogP contribution in [-0.2, 0) is 6.42 Å². The zero-order valence-electron chi connectivity index (χ0n) is 9.47. The van der Waals surface area contributed by atoms with Gasteiger partial charge < -0.3 is 16.0 Å². The van der Waals surface area contributed by atoms with Crippen LogP contribution < -0.4 is 11.1 Å². The lowest BCUT2D eigenvalue weighted by Gasteiger charge is -2.21. The van der Waals surface area contributed by atoms with Crippen molar-refractivity contribution in [2.45, 2.75) is 12.5 Å². The van der Waals surface area contributed by atoms with Gasteiger partial charge in [0.1, 0.15) is 0 Å². The number of nitrogens with two attached hydrogens (primary N) is 1. The van der Waals surface area contributed by atoms with Crippen molar-refractivity contribution < 1.29 is 4.79 Å². The summed E-state index contributed by atoms with van der Waals surface area (Å²) in [5.41, 5.74) is 7.52. The monoisotopic (exact) mass is 233 g/mol.